The lowest BCUT2D eigenvalue weighted by atomic mass is 10.1. The number of allylic oxidation sites excluding steroid dienone is 1. The molecule has 3 rings (SSSR count). The van der Waals surface area contributed by atoms with E-state index in [1.165, 1.54) is 0 Å². The highest BCUT2D eigenvalue weighted by Crippen LogP contribution is 2.22. The van der Waals surface area contributed by atoms with E-state index in [2.05, 4.69) is 22.3 Å². The number of hydrogen-bond acceptors (Lipinski definition) is 4. The van der Waals surface area contributed by atoms with Crippen LogP contribution in [0, 0.1) is 18.8 Å². The van der Waals surface area contributed by atoms with E-state index in [1.807, 2.05) is 80.6 Å². The Hall–Kier alpha value is -3.78. The molecule has 0 spiro atoms. The summed E-state index contributed by atoms with van der Waals surface area (Å²) in [6, 6.07) is 17.3. The van der Waals surface area contributed by atoms with Crippen LogP contribution in [0.15, 0.2) is 65.2 Å². The minimum atomic E-state index is -0.591. The van der Waals surface area contributed by atoms with E-state index in [0.29, 0.717) is 11.4 Å². The second kappa shape index (κ2) is 9.43. The van der Waals surface area contributed by atoms with Crippen molar-refractivity contribution in [3.63, 3.8) is 0 Å². The number of carbonyl (C=O) groups excluding carboxylic acids is 1. The SMILES string of the molecule is CC=Cc1ccc(C#Cc2onc(C)c2NC(=O)OC(C)c2ccccc2)cc1. The summed E-state index contributed by atoms with van der Waals surface area (Å²) in [6.45, 7) is 5.52. The van der Waals surface area contributed by atoms with Gasteiger partial charge in [0.05, 0.1) is 0 Å². The van der Waals surface area contributed by atoms with Crippen molar-refractivity contribution in [2.24, 2.45) is 0 Å². The number of amides is 1. The molecule has 1 unspecified atom stereocenters. The standard InChI is InChI=1S/C24H22N2O3/c1-4-8-19-11-13-20(14-12-19)15-16-22-23(17(2)26-29-22)25-24(27)28-18(3)21-9-6-5-7-10-21/h4-14,18H,1-3H3,(H,25,27). The number of aromatic nitrogens is 1. The number of nitrogens with zero attached hydrogens (tertiary/aromatic N) is 1. The molecule has 1 aromatic heterocycles. The summed E-state index contributed by atoms with van der Waals surface area (Å²) in [5, 5.41) is 6.59. The van der Waals surface area contributed by atoms with Crippen molar-refractivity contribution >= 4 is 17.9 Å². The molecule has 0 saturated heterocycles. The minimum absolute atomic E-state index is 0.282. The number of anilines is 1. The van der Waals surface area contributed by atoms with Crippen LogP contribution in [-0.4, -0.2) is 11.2 Å². The van der Waals surface area contributed by atoms with Gasteiger partial charge in [-0.2, -0.15) is 0 Å². The number of ether oxygens (including phenoxy) is 1. The fourth-order valence-corrected chi connectivity index (χ4v) is 2.69. The van der Waals surface area contributed by atoms with Crippen molar-refractivity contribution in [2.75, 3.05) is 5.32 Å². The zero-order valence-electron chi connectivity index (χ0n) is 16.6. The van der Waals surface area contributed by atoms with Crippen LogP contribution >= 0.6 is 0 Å². The van der Waals surface area contributed by atoms with Gasteiger partial charge in [-0.3, -0.25) is 5.32 Å². The molecule has 3 aromatic rings. The van der Waals surface area contributed by atoms with Crippen molar-refractivity contribution in [1.82, 2.24) is 5.16 Å². The lowest BCUT2D eigenvalue weighted by Gasteiger charge is -2.13. The summed E-state index contributed by atoms with van der Waals surface area (Å²) < 4.78 is 10.7. The Morgan fingerprint density at radius 2 is 1.86 bits per heavy atom. The number of hydrogen-bond donors (Lipinski definition) is 1. The molecule has 0 radical (unpaired) electrons. The molecule has 1 amide bonds. The molecule has 1 atom stereocenters. The fourth-order valence-electron chi connectivity index (χ4n) is 2.69. The van der Waals surface area contributed by atoms with E-state index in [4.69, 9.17) is 9.26 Å². The average Bonchev–Trinajstić information content (AvgIpc) is 3.07. The summed E-state index contributed by atoms with van der Waals surface area (Å²) in [6.07, 6.45) is 3.02. The van der Waals surface area contributed by atoms with Crippen molar-refractivity contribution in [2.45, 2.75) is 26.9 Å². The van der Waals surface area contributed by atoms with Crippen LogP contribution in [0.3, 0.4) is 0 Å². The molecular weight excluding hydrogens is 364 g/mol. The lowest BCUT2D eigenvalue weighted by molar-refractivity contribution is 0.121. The number of nitrogens with one attached hydrogen (secondary N) is 1. The monoisotopic (exact) mass is 386 g/mol. The van der Waals surface area contributed by atoms with Crippen molar-refractivity contribution in [3.8, 4) is 11.8 Å². The molecule has 5 nitrogen and oxygen atoms in total. The predicted octanol–water partition coefficient (Wildman–Crippen LogP) is 5.73. The molecule has 0 saturated carbocycles. The first-order chi connectivity index (χ1) is 14.1. The highest BCUT2D eigenvalue weighted by molar-refractivity contribution is 5.87. The third-order valence-corrected chi connectivity index (χ3v) is 4.23. The Kier molecular flexibility index (Phi) is 6.49. The fraction of sp³-hybridized carbons (Fsp3) is 0.167. The maximum atomic E-state index is 12.3. The minimum Gasteiger partial charge on any atom is -0.441 e. The molecule has 29 heavy (non-hydrogen) atoms. The van der Waals surface area contributed by atoms with Gasteiger partial charge in [0.2, 0.25) is 5.76 Å². The number of aryl methyl sites for hydroxylation is 1. The van der Waals surface area contributed by atoms with E-state index in [1.54, 1.807) is 6.92 Å². The summed E-state index contributed by atoms with van der Waals surface area (Å²) in [7, 11) is 0. The summed E-state index contributed by atoms with van der Waals surface area (Å²) in [5.41, 5.74) is 3.78. The van der Waals surface area contributed by atoms with Crippen molar-refractivity contribution in [1.29, 1.82) is 0 Å². The topological polar surface area (TPSA) is 64.4 Å². The van der Waals surface area contributed by atoms with Crippen LogP contribution in [-0.2, 0) is 4.74 Å². The Bertz CT molecular complexity index is 1060. The van der Waals surface area contributed by atoms with Gasteiger partial charge < -0.3 is 9.26 Å². The first-order valence-corrected chi connectivity index (χ1v) is 9.30. The van der Waals surface area contributed by atoms with E-state index >= 15 is 0 Å². The molecule has 2 aromatic carbocycles. The van der Waals surface area contributed by atoms with Crippen LogP contribution in [0.2, 0.25) is 0 Å². The third-order valence-electron chi connectivity index (χ3n) is 4.23. The Labute approximate surface area is 170 Å². The molecule has 146 valence electrons. The van der Waals surface area contributed by atoms with Crippen LogP contribution in [0.4, 0.5) is 10.5 Å². The van der Waals surface area contributed by atoms with E-state index in [9.17, 15) is 4.79 Å². The van der Waals surface area contributed by atoms with E-state index in [0.717, 1.165) is 16.7 Å². The number of carbonyl (C=O) groups is 1. The van der Waals surface area contributed by atoms with Crippen molar-refractivity contribution < 1.29 is 14.1 Å². The molecule has 1 heterocycles. The van der Waals surface area contributed by atoms with Gasteiger partial charge in [-0.1, -0.05) is 65.7 Å². The van der Waals surface area contributed by atoms with Crippen LogP contribution in [0.5, 0.6) is 0 Å². The Morgan fingerprint density at radius 1 is 1.14 bits per heavy atom. The number of rotatable bonds is 4. The molecule has 0 aliphatic carbocycles. The van der Waals surface area contributed by atoms with Crippen molar-refractivity contribution in [3.05, 3.63) is 88.8 Å². The quantitative estimate of drug-likeness (QED) is 0.582. The highest BCUT2D eigenvalue weighted by atomic mass is 16.6. The Morgan fingerprint density at radius 3 is 2.55 bits per heavy atom. The summed E-state index contributed by atoms with van der Waals surface area (Å²) in [4.78, 5) is 12.3. The maximum absolute atomic E-state index is 12.3. The second-order valence-electron chi connectivity index (χ2n) is 6.43. The molecule has 0 aliphatic heterocycles. The largest absolute Gasteiger partial charge is 0.441 e. The van der Waals surface area contributed by atoms with Gasteiger partial charge in [0, 0.05) is 5.56 Å². The van der Waals surface area contributed by atoms with E-state index < -0.39 is 6.09 Å². The van der Waals surface area contributed by atoms with Gasteiger partial charge in [0.25, 0.3) is 0 Å². The highest BCUT2D eigenvalue weighted by Gasteiger charge is 2.17. The normalized spacial score (nSPS) is 11.6. The first kappa shape index (κ1) is 20.0. The smallest absolute Gasteiger partial charge is 0.412 e. The predicted molar refractivity (Wildman–Crippen MR) is 113 cm³/mol. The average molecular weight is 386 g/mol. The van der Waals surface area contributed by atoms with E-state index in [-0.39, 0.29) is 11.9 Å². The zero-order chi connectivity index (χ0) is 20.6. The molecular formula is C24H22N2O3. The first-order valence-electron chi connectivity index (χ1n) is 9.30. The molecule has 5 heteroatoms. The maximum Gasteiger partial charge on any atom is 0.412 e. The Balaban J connectivity index is 1.70. The molecule has 0 bridgehead atoms. The molecule has 0 aliphatic rings. The third kappa shape index (κ3) is 5.36. The molecule has 1 N–H and O–H groups in total. The van der Waals surface area contributed by atoms with Gasteiger partial charge in [0.15, 0.2) is 0 Å². The van der Waals surface area contributed by atoms with Gasteiger partial charge in [-0.15, -0.1) is 0 Å². The zero-order valence-corrected chi connectivity index (χ0v) is 16.6. The van der Waals surface area contributed by atoms with Gasteiger partial charge in [-0.05, 0) is 50.0 Å². The van der Waals surface area contributed by atoms with Gasteiger partial charge >= 0.3 is 6.09 Å². The number of benzene rings is 2. The second-order valence-corrected chi connectivity index (χ2v) is 6.43. The van der Waals surface area contributed by atoms with Gasteiger partial charge in [-0.25, -0.2) is 4.79 Å². The summed E-state index contributed by atoms with van der Waals surface area (Å²) >= 11 is 0. The van der Waals surface area contributed by atoms with Crippen LogP contribution in [0.1, 0.15) is 48.1 Å². The van der Waals surface area contributed by atoms with Crippen LogP contribution in [0.25, 0.3) is 6.08 Å². The molecule has 0 fully saturated rings. The summed E-state index contributed by atoms with van der Waals surface area (Å²) in [5.74, 6) is 6.23. The van der Waals surface area contributed by atoms with Crippen LogP contribution < -0.4 is 5.32 Å². The lowest BCUT2D eigenvalue weighted by Crippen LogP contribution is -2.16. The van der Waals surface area contributed by atoms with Gasteiger partial charge in [0.1, 0.15) is 17.5 Å².